The number of ether oxygens (including phenoxy) is 1. The fourth-order valence-corrected chi connectivity index (χ4v) is 6.32. The molecular weight excluding hydrogens is 561 g/mol. The molecule has 0 radical (unpaired) electrons. The molecule has 0 bridgehead atoms. The average molecular weight is 583 g/mol. The molecule has 6 N–H and O–H groups in total. The Morgan fingerprint density at radius 1 is 1.24 bits per heavy atom. The molecule has 0 unspecified atom stereocenters. The molecule has 1 aromatic rings. The lowest BCUT2D eigenvalue weighted by Crippen LogP contribution is -2.64. The van der Waals surface area contributed by atoms with E-state index in [4.69, 9.17) is 10.5 Å². The number of carbonyl (C=O) groups is 4. The van der Waals surface area contributed by atoms with E-state index in [-0.39, 0.29) is 23.3 Å². The topological polar surface area (TPSA) is 184 Å². The number of benzene rings is 1. The summed E-state index contributed by atoms with van der Waals surface area (Å²) in [5, 5.41) is 43.9. The van der Waals surface area contributed by atoms with Crippen molar-refractivity contribution < 1.29 is 44.3 Å². The van der Waals surface area contributed by atoms with Crippen molar-refractivity contribution >= 4 is 51.8 Å². The third-order valence-electron chi connectivity index (χ3n) is 6.95. The first-order chi connectivity index (χ1) is 15.9. The van der Waals surface area contributed by atoms with Gasteiger partial charge in [-0.05, 0) is 46.2 Å². The van der Waals surface area contributed by atoms with Crippen molar-refractivity contribution in [1.29, 1.82) is 0 Å². The van der Waals surface area contributed by atoms with Gasteiger partial charge in [0.05, 0.1) is 5.56 Å². The summed E-state index contributed by atoms with van der Waals surface area (Å²) in [7, 11) is 0. The van der Waals surface area contributed by atoms with Gasteiger partial charge in [-0.3, -0.25) is 19.2 Å². The molecule has 1 amide bonds. The van der Waals surface area contributed by atoms with Crippen molar-refractivity contribution in [3.63, 3.8) is 0 Å². The van der Waals surface area contributed by atoms with Gasteiger partial charge in [-0.25, -0.2) is 0 Å². The number of hydrogen-bond acceptors (Lipinski definition) is 9. The van der Waals surface area contributed by atoms with E-state index in [1.54, 1.807) is 13.0 Å². The van der Waals surface area contributed by atoms with E-state index in [0.717, 1.165) is 0 Å². The largest absolute Gasteiger partial charge is 0.508 e. The first kappa shape index (κ1) is 24.2. The first-order valence-corrected chi connectivity index (χ1v) is 11.6. The van der Waals surface area contributed by atoms with Crippen LogP contribution in [-0.2, 0) is 23.9 Å². The van der Waals surface area contributed by atoms with E-state index in [9.17, 15) is 39.6 Å². The van der Waals surface area contributed by atoms with Gasteiger partial charge in [-0.2, -0.15) is 0 Å². The Hall–Kier alpha value is -2.93. The normalized spacial score (nSPS) is 30.5. The monoisotopic (exact) mass is 583 g/mol. The number of rotatable bonds is 3. The van der Waals surface area contributed by atoms with Crippen LogP contribution in [0.3, 0.4) is 0 Å². The van der Waals surface area contributed by atoms with Crippen molar-refractivity contribution in [3.05, 3.63) is 43.7 Å². The number of phenols is 1. The Morgan fingerprint density at radius 3 is 2.47 bits per heavy atom. The third kappa shape index (κ3) is 3.09. The number of primary amides is 1. The average Bonchev–Trinajstić information content (AvgIpc) is 2.77. The standard InChI is InChI=1S/C23H22INO9/c1-3-12(28)34-19-8-6-11(27)16(22(25)32)20(30)23(8,33)21(31)17-14(19)7(2)13-9(24)4-5-10(26)15(13)18(17)29/h4-5,7-8,14,19,26,29-30,33H,3,6H2,1-2H3,(H2,25,32)/t7-,8+,14+,19+,23+/m0/s1. The Bertz CT molecular complexity index is 1230. The summed E-state index contributed by atoms with van der Waals surface area (Å²) >= 11 is 2.01. The van der Waals surface area contributed by atoms with Crippen LogP contribution in [0.1, 0.15) is 43.7 Å². The van der Waals surface area contributed by atoms with Crippen LogP contribution in [-0.4, -0.2) is 55.6 Å². The zero-order chi connectivity index (χ0) is 25.3. The van der Waals surface area contributed by atoms with E-state index >= 15 is 0 Å². The Labute approximate surface area is 207 Å². The van der Waals surface area contributed by atoms with Crippen LogP contribution >= 0.6 is 22.6 Å². The molecule has 3 aliphatic carbocycles. The minimum atomic E-state index is -2.86. The maximum Gasteiger partial charge on any atom is 0.305 e. The minimum absolute atomic E-state index is 0.0212. The van der Waals surface area contributed by atoms with Crippen LogP contribution < -0.4 is 5.73 Å². The molecule has 4 rings (SSSR count). The highest BCUT2D eigenvalue weighted by Gasteiger charge is 2.66. The Morgan fingerprint density at radius 2 is 1.88 bits per heavy atom. The van der Waals surface area contributed by atoms with Crippen molar-refractivity contribution in [2.75, 3.05) is 0 Å². The quantitative estimate of drug-likeness (QED) is 0.200. The molecule has 0 saturated heterocycles. The zero-order valence-electron chi connectivity index (χ0n) is 18.2. The number of amides is 1. The van der Waals surface area contributed by atoms with E-state index in [1.807, 2.05) is 22.6 Å². The van der Waals surface area contributed by atoms with Gasteiger partial charge in [0.25, 0.3) is 5.91 Å². The molecule has 5 atom stereocenters. The number of esters is 1. The fraction of sp³-hybridized carbons (Fsp3) is 0.391. The van der Waals surface area contributed by atoms with E-state index in [0.29, 0.717) is 9.13 Å². The molecule has 34 heavy (non-hydrogen) atoms. The molecule has 3 aliphatic rings. The number of halogens is 1. The lowest BCUT2D eigenvalue weighted by Gasteiger charge is -2.51. The number of aliphatic hydroxyl groups is 3. The number of aliphatic hydroxyl groups excluding tert-OH is 2. The van der Waals surface area contributed by atoms with Crippen LogP contribution in [0.15, 0.2) is 29.0 Å². The zero-order valence-corrected chi connectivity index (χ0v) is 20.3. The molecule has 1 saturated carbocycles. The van der Waals surface area contributed by atoms with E-state index < -0.39 is 76.4 Å². The molecule has 0 heterocycles. The van der Waals surface area contributed by atoms with Gasteiger partial charge < -0.3 is 30.9 Å². The molecule has 0 aromatic heterocycles. The molecule has 1 fully saturated rings. The van der Waals surface area contributed by atoms with Crippen LogP contribution in [0.2, 0.25) is 0 Å². The van der Waals surface area contributed by atoms with Crippen LogP contribution in [0.5, 0.6) is 5.75 Å². The molecule has 0 aliphatic heterocycles. The fourth-order valence-electron chi connectivity index (χ4n) is 5.38. The summed E-state index contributed by atoms with van der Waals surface area (Å²) in [5.74, 6) is -9.35. The highest BCUT2D eigenvalue weighted by atomic mass is 127. The molecule has 11 heteroatoms. The highest BCUT2D eigenvalue weighted by molar-refractivity contribution is 14.1. The number of Topliss-reactive ketones (excluding diaryl/α,β-unsaturated/α-hetero) is 2. The smallest absolute Gasteiger partial charge is 0.305 e. The molecular formula is C23H22INO9. The van der Waals surface area contributed by atoms with Crippen LogP contribution in [0, 0.1) is 15.4 Å². The van der Waals surface area contributed by atoms with Crippen molar-refractivity contribution in [1.82, 2.24) is 0 Å². The Kier molecular flexibility index (Phi) is 5.75. The lowest BCUT2D eigenvalue weighted by atomic mass is 9.55. The van der Waals surface area contributed by atoms with E-state index in [2.05, 4.69) is 0 Å². The van der Waals surface area contributed by atoms with E-state index in [1.165, 1.54) is 13.0 Å². The number of aromatic hydroxyl groups is 1. The summed E-state index contributed by atoms with van der Waals surface area (Å²) in [5.41, 5.74) is 1.53. The summed E-state index contributed by atoms with van der Waals surface area (Å²) in [4.78, 5) is 50.6. The summed E-state index contributed by atoms with van der Waals surface area (Å²) in [6.45, 7) is 3.24. The predicted octanol–water partition coefficient (Wildman–Crippen LogP) is 1.52. The predicted molar refractivity (Wildman–Crippen MR) is 124 cm³/mol. The minimum Gasteiger partial charge on any atom is -0.508 e. The third-order valence-corrected chi connectivity index (χ3v) is 7.89. The van der Waals surface area contributed by atoms with Gasteiger partial charge in [0, 0.05) is 33.8 Å². The van der Waals surface area contributed by atoms with Gasteiger partial charge in [0.2, 0.25) is 5.78 Å². The van der Waals surface area contributed by atoms with Gasteiger partial charge in [-0.15, -0.1) is 0 Å². The second-order valence-electron chi connectivity index (χ2n) is 8.66. The summed E-state index contributed by atoms with van der Waals surface area (Å²) < 4.78 is 6.29. The summed E-state index contributed by atoms with van der Waals surface area (Å²) in [6, 6.07) is 2.96. The number of hydrogen-bond donors (Lipinski definition) is 5. The summed E-state index contributed by atoms with van der Waals surface area (Å²) in [6.07, 6.45) is -1.99. The molecule has 10 nitrogen and oxygen atoms in total. The highest BCUT2D eigenvalue weighted by Crippen LogP contribution is 2.57. The number of ketones is 2. The van der Waals surface area contributed by atoms with Crippen LogP contribution in [0.25, 0.3) is 5.76 Å². The molecule has 0 spiro atoms. The Balaban J connectivity index is 2.07. The lowest BCUT2D eigenvalue weighted by molar-refractivity contribution is -0.178. The second-order valence-corrected chi connectivity index (χ2v) is 9.82. The maximum atomic E-state index is 13.7. The molecule has 180 valence electrons. The first-order valence-electron chi connectivity index (χ1n) is 10.6. The van der Waals surface area contributed by atoms with Gasteiger partial charge in [0.1, 0.15) is 28.9 Å². The van der Waals surface area contributed by atoms with Gasteiger partial charge in [-0.1, -0.05) is 13.8 Å². The number of phenolic OH excluding ortho intramolecular Hbond substituents is 1. The van der Waals surface area contributed by atoms with Crippen molar-refractivity contribution in [3.8, 4) is 5.75 Å². The number of carbonyl (C=O) groups excluding carboxylic acids is 4. The van der Waals surface area contributed by atoms with Crippen molar-refractivity contribution in [2.45, 2.75) is 44.3 Å². The maximum absolute atomic E-state index is 13.7. The SMILES string of the molecule is CCC(=O)O[C@H]1[C@H]2C(=C(O)c3c(O)ccc(I)c3[C@@H]2C)C(=O)[C@]2(O)C(O)=C(C(N)=O)C(=O)C[C@H]12. The van der Waals surface area contributed by atoms with Gasteiger partial charge >= 0.3 is 5.97 Å². The number of nitrogens with two attached hydrogens (primary N) is 1. The van der Waals surface area contributed by atoms with Crippen molar-refractivity contribution in [2.24, 2.45) is 17.6 Å². The number of fused-ring (bicyclic) bond motifs is 3. The molecule has 1 aromatic carbocycles. The second kappa shape index (κ2) is 8.08. The van der Waals surface area contributed by atoms with Crippen LogP contribution in [0.4, 0.5) is 0 Å². The van der Waals surface area contributed by atoms with Gasteiger partial charge in [0.15, 0.2) is 11.4 Å².